The van der Waals surface area contributed by atoms with Crippen LogP contribution in [0.5, 0.6) is 11.5 Å². The molecule has 0 aliphatic rings. The Labute approximate surface area is 125 Å². The second-order valence-corrected chi connectivity index (χ2v) is 5.00. The van der Waals surface area contributed by atoms with E-state index in [0.717, 1.165) is 0 Å². The molecule has 1 aromatic heterocycles. The summed E-state index contributed by atoms with van der Waals surface area (Å²) >= 11 is 0. The number of aliphatic hydroxyl groups is 1. The molecule has 0 saturated carbocycles. The van der Waals surface area contributed by atoms with Crippen LogP contribution in [0.25, 0.3) is 10.8 Å². The van der Waals surface area contributed by atoms with Gasteiger partial charge in [-0.05, 0) is 24.4 Å². The quantitative estimate of drug-likeness (QED) is 0.758. The summed E-state index contributed by atoms with van der Waals surface area (Å²) in [7, 11) is 1.42. The average molecular weight is 308 g/mol. The number of hydrogen-bond donors (Lipinski definition) is 3. The van der Waals surface area contributed by atoms with Crippen LogP contribution in [0.3, 0.4) is 0 Å². The molecule has 22 heavy (non-hydrogen) atoms. The summed E-state index contributed by atoms with van der Waals surface area (Å²) in [6, 6.07) is 4.28. The van der Waals surface area contributed by atoms with Gasteiger partial charge in [-0.2, -0.15) is 0 Å². The van der Waals surface area contributed by atoms with Gasteiger partial charge in [-0.25, -0.2) is 4.79 Å². The van der Waals surface area contributed by atoms with Crippen LogP contribution in [0, 0.1) is 5.92 Å². The first-order valence-corrected chi connectivity index (χ1v) is 6.58. The smallest absolute Gasteiger partial charge is 0.347 e. The first kappa shape index (κ1) is 15.8. The maximum atomic E-state index is 12.0. The maximum absolute atomic E-state index is 12.0. The van der Waals surface area contributed by atoms with Gasteiger partial charge >= 0.3 is 11.6 Å². The molecule has 7 heteroatoms. The first-order chi connectivity index (χ1) is 10.3. The lowest BCUT2D eigenvalue weighted by molar-refractivity contribution is -0.145. The van der Waals surface area contributed by atoms with E-state index >= 15 is 0 Å². The number of phenols is 1. The molecule has 2 aromatic rings. The van der Waals surface area contributed by atoms with Gasteiger partial charge in [0.15, 0.2) is 0 Å². The molecule has 1 aromatic carbocycles. The highest BCUT2D eigenvalue weighted by Gasteiger charge is 2.25. The Bertz CT molecular complexity index is 760. The van der Waals surface area contributed by atoms with E-state index in [1.54, 1.807) is 0 Å². The Morgan fingerprint density at radius 2 is 2.05 bits per heavy atom. The fourth-order valence-electron chi connectivity index (χ4n) is 2.23. The third-order valence-electron chi connectivity index (χ3n) is 3.42. The minimum atomic E-state index is -1.19. The van der Waals surface area contributed by atoms with Gasteiger partial charge in [0.1, 0.15) is 22.6 Å². The number of phenolic OH excluding ortho intramolecular Hbond substituents is 1. The van der Waals surface area contributed by atoms with Crippen molar-refractivity contribution in [3.05, 3.63) is 34.4 Å². The van der Waals surface area contributed by atoms with Gasteiger partial charge in [-0.15, -0.1) is 0 Å². The lowest BCUT2D eigenvalue weighted by Gasteiger charge is -2.14. The highest BCUT2D eigenvalue weighted by atomic mass is 16.5. The summed E-state index contributed by atoms with van der Waals surface area (Å²) in [6.45, 7) is 1.35. The summed E-state index contributed by atoms with van der Waals surface area (Å²) in [6.07, 6.45) is -1.24. The summed E-state index contributed by atoms with van der Waals surface area (Å²) in [5.74, 6) is -2.10. The normalized spacial score (nSPS) is 13.8. The standard InChI is InChI=1S/C15H16O7/c1-7(16)11(14(18)19)5-10-4-8-3-9(21-2)6-12(17)13(8)15(20)22-10/h3-4,6-7,11,16-17H,5H2,1-2H3,(H,18,19)/t7-,11?/m1/s1. The van der Waals surface area contributed by atoms with Gasteiger partial charge < -0.3 is 24.5 Å². The van der Waals surface area contributed by atoms with E-state index in [4.69, 9.17) is 14.3 Å². The van der Waals surface area contributed by atoms with Crippen LogP contribution in [0.15, 0.2) is 27.4 Å². The molecule has 0 saturated heterocycles. The van der Waals surface area contributed by atoms with E-state index < -0.39 is 23.6 Å². The van der Waals surface area contributed by atoms with Crippen LogP contribution in [0.1, 0.15) is 12.7 Å². The van der Waals surface area contributed by atoms with Gasteiger partial charge in [0.25, 0.3) is 0 Å². The number of hydrogen-bond acceptors (Lipinski definition) is 6. The Kier molecular flexibility index (Phi) is 4.37. The molecule has 1 unspecified atom stereocenters. The molecule has 3 N–H and O–H groups in total. The number of aliphatic hydroxyl groups excluding tert-OH is 1. The number of rotatable bonds is 5. The average Bonchev–Trinajstić information content (AvgIpc) is 2.43. The number of fused-ring (bicyclic) bond motifs is 1. The van der Waals surface area contributed by atoms with Crippen molar-refractivity contribution >= 4 is 16.7 Å². The van der Waals surface area contributed by atoms with E-state index in [-0.39, 0.29) is 23.3 Å². The minimum absolute atomic E-state index is 0.00604. The summed E-state index contributed by atoms with van der Waals surface area (Å²) in [5, 5.41) is 28.8. The van der Waals surface area contributed by atoms with Crippen LogP contribution in [-0.4, -0.2) is 34.5 Å². The third-order valence-corrected chi connectivity index (χ3v) is 3.42. The number of carboxylic acids is 1. The van der Waals surface area contributed by atoms with Gasteiger partial charge in [-0.3, -0.25) is 4.79 Å². The number of aliphatic carboxylic acids is 1. The highest BCUT2D eigenvalue weighted by Crippen LogP contribution is 2.29. The molecule has 0 radical (unpaired) electrons. The molecule has 7 nitrogen and oxygen atoms in total. The van der Waals surface area contributed by atoms with E-state index in [9.17, 15) is 19.8 Å². The fourth-order valence-corrected chi connectivity index (χ4v) is 2.23. The molecule has 2 atom stereocenters. The van der Waals surface area contributed by atoms with Crippen molar-refractivity contribution in [2.24, 2.45) is 5.92 Å². The zero-order valence-corrected chi connectivity index (χ0v) is 12.1. The van der Waals surface area contributed by atoms with E-state index in [1.165, 1.54) is 32.2 Å². The second-order valence-electron chi connectivity index (χ2n) is 5.00. The Morgan fingerprint density at radius 1 is 1.36 bits per heavy atom. The van der Waals surface area contributed by atoms with Crippen LogP contribution in [0.2, 0.25) is 0 Å². The lowest BCUT2D eigenvalue weighted by atomic mass is 9.97. The minimum Gasteiger partial charge on any atom is -0.507 e. The molecular formula is C15H16O7. The van der Waals surface area contributed by atoms with Crippen molar-refractivity contribution in [3.8, 4) is 11.5 Å². The molecule has 0 bridgehead atoms. The number of carbonyl (C=O) groups is 1. The monoisotopic (exact) mass is 308 g/mol. The Hall–Kier alpha value is -2.54. The Morgan fingerprint density at radius 3 is 2.59 bits per heavy atom. The maximum Gasteiger partial charge on any atom is 0.347 e. The highest BCUT2D eigenvalue weighted by molar-refractivity contribution is 5.88. The van der Waals surface area contributed by atoms with Crippen LogP contribution in [-0.2, 0) is 11.2 Å². The van der Waals surface area contributed by atoms with Crippen molar-refractivity contribution in [2.75, 3.05) is 7.11 Å². The van der Waals surface area contributed by atoms with Crippen LogP contribution < -0.4 is 10.4 Å². The van der Waals surface area contributed by atoms with Gasteiger partial charge in [0, 0.05) is 12.5 Å². The van der Waals surface area contributed by atoms with E-state index in [0.29, 0.717) is 11.1 Å². The lowest BCUT2D eigenvalue weighted by Crippen LogP contribution is -2.28. The summed E-state index contributed by atoms with van der Waals surface area (Å²) in [4.78, 5) is 23.1. The van der Waals surface area contributed by atoms with Gasteiger partial charge in [0.2, 0.25) is 0 Å². The van der Waals surface area contributed by atoms with Crippen molar-refractivity contribution < 1.29 is 29.3 Å². The second kappa shape index (κ2) is 6.07. The molecule has 0 aliphatic carbocycles. The molecule has 118 valence electrons. The van der Waals surface area contributed by atoms with Crippen molar-refractivity contribution in [3.63, 3.8) is 0 Å². The molecule has 1 heterocycles. The number of carboxylic acid groups (broad SMARTS) is 1. The molecule has 0 aliphatic heterocycles. The van der Waals surface area contributed by atoms with Crippen molar-refractivity contribution in [2.45, 2.75) is 19.4 Å². The van der Waals surface area contributed by atoms with E-state index in [1.807, 2.05) is 0 Å². The summed E-state index contributed by atoms with van der Waals surface area (Å²) < 4.78 is 10.1. The summed E-state index contributed by atoms with van der Waals surface area (Å²) in [5.41, 5.74) is -0.776. The molecule has 2 rings (SSSR count). The molecular weight excluding hydrogens is 292 g/mol. The van der Waals surface area contributed by atoms with Gasteiger partial charge in [-0.1, -0.05) is 0 Å². The van der Waals surface area contributed by atoms with Crippen LogP contribution in [0.4, 0.5) is 0 Å². The fraction of sp³-hybridized carbons (Fsp3) is 0.333. The largest absolute Gasteiger partial charge is 0.507 e. The predicted octanol–water partition coefficient (Wildman–Crippen LogP) is 1.13. The zero-order valence-electron chi connectivity index (χ0n) is 12.1. The first-order valence-electron chi connectivity index (χ1n) is 6.58. The van der Waals surface area contributed by atoms with Gasteiger partial charge in [0.05, 0.1) is 19.1 Å². The molecule has 0 spiro atoms. The van der Waals surface area contributed by atoms with Crippen molar-refractivity contribution in [1.82, 2.24) is 0 Å². The Balaban J connectivity index is 2.53. The third kappa shape index (κ3) is 3.04. The number of benzene rings is 1. The number of methoxy groups -OCH3 is 1. The predicted molar refractivity (Wildman–Crippen MR) is 77.2 cm³/mol. The number of aromatic hydroxyl groups is 1. The molecule has 0 fully saturated rings. The number of ether oxygens (including phenoxy) is 1. The van der Waals surface area contributed by atoms with Crippen molar-refractivity contribution in [1.29, 1.82) is 0 Å². The van der Waals surface area contributed by atoms with E-state index in [2.05, 4.69) is 0 Å². The topological polar surface area (TPSA) is 117 Å². The SMILES string of the molecule is COc1cc(O)c2c(=O)oc(CC(C(=O)O)[C@@H](C)O)cc2c1. The zero-order chi connectivity index (χ0) is 16.4. The van der Waals surface area contributed by atoms with Crippen LogP contribution >= 0.6 is 0 Å². The molecule has 0 amide bonds.